The third-order valence-corrected chi connectivity index (χ3v) is 4.34. The fourth-order valence-corrected chi connectivity index (χ4v) is 2.84. The number of amides is 1. The number of rotatable bonds is 5. The molecule has 0 aromatic carbocycles. The fourth-order valence-electron chi connectivity index (χ4n) is 2.12. The summed E-state index contributed by atoms with van der Waals surface area (Å²) < 4.78 is 0. The molecular weight excluding hydrogens is 232 g/mol. The number of hydrogen-bond acceptors (Lipinski definition) is 3. The highest BCUT2D eigenvalue weighted by molar-refractivity contribution is 7.09. The Bertz CT molecular complexity index is 382. The van der Waals surface area contributed by atoms with E-state index in [-0.39, 0.29) is 5.91 Å². The first-order valence-corrected chi connectivity index (χ1v) is 7.04. The predicted octanol–water partition coefficient (Wildman–Crippen LogP) is 2.22. The summed E-state index contributed by atoms with van der Waals surface area (Å²) >= 11 is 1.68. The lowest BCUT2D eigenvalue weighted by Crippen LogP contribution is -2.54. The summed E-state index contributed by atoms with van der Waals surface area (Å²) in [5.41, 5.74) is 5.51. The van der Waals surface area contributed by atoms with Gasteiger partial charge in [0, 0.05) is 11.4 Å². The molecule has 1 unspecified atom stereocenters. The van der Waals surface area contributed by atoms with Crippen LogP contribution in [0.3, 0.4) is 0 Å². The summed E-state index contributed by atoms with van der Waals surface area (Å²) in [5.74, 6) is 0.475. The van der Waals surface area contributed by atoms with Gasteiger partial charge in [0.2, 0.25) is 5.91 Å². The van der Waals surface area contributed by atoms with Gasteiger partial charge in [-0.1, -0.05) is 6.07 Å². The molecule has 1 aromatic rings. The molecular formula is C13H20N2OS. The molecule has 0 radical (unpaired) electrons. The van der Waals surface area contributed by atoms with Crippen molar-refractivity contribution in [2.24, 2.45) is 11.7 Å². The van der Waals surface area contributed by atoms with E-state index in [9.17, 15) is 4.79 Å². The lowest BCUT2D eigenvalue weighted by molar-refractivity contribution is -0.137. The molecule has 2 rings (SSSR count). The van der Waals surface area contributed by atoms with Gasteiger partial charge < -0.3 is 10.6 Å². The van der Waals surface area contributed by atoms with Crippen LogP contribution in [0.25, 0.3) is 0 Å². The van der Waals surface area contributed by atoms with Crippen molar-refractivity contribution >= 4 is 17.2 Å². The van der Waals surface area contributed by atoms with Gasteiger partial charge in [-0.3, -0.25) is 4.79 Å². The van der Waals surface area contributed by atoms with Crippen molar-refractivity contribution in [3.63, 3.8) is 0 Å². The smallest absolute Gasteiger partial charge is 0.242 e. The maximum atomic E-state index is 12.4. The maximum Gasteiger partial charge on any atom is 0.242 e. The molecule has 2 N–H and O–H groups in total. The Labute approximate surface area is 107 Å². The molecule has 1 heterocycles. The van der Waals surface area contributed by atoms with Gasteiger partial charge in [0.25, 0.3) is 0 Å². The molecule has 4 heteroatoms. The average molecular weight is 252 g/mol. The normalized spacial score (nSPS) is 18.8. The molecule has 1 saturated carbocycles. The molecule has 0 spiro atoms. The molecule has 1 atom stereocenters. The Morgan fingerprint density at radius 1 is 1.65 bits per heavy atom. The van der Waals surface area contributed by atoms with Crippen LogP contribution in [-0.4, -0.2) is 22.9 Å². The standard InChI is InChI=1S/C13H20N2OS/c1-3-15(9-11-5-4-8-17-11)12(16)13(2,14)10-6-7-10/h4-5,8,10H,3,6-7,9,14H2,1-2H3. The van der Waals surface area contributed by atoms with Crippen LogP contribution in [0.5, 0.6) is 0 Å². The van der Waals surface area contributed by atoms with E-state index in [1.807, 2.05) is 30.2 Å². The van der Waals surface area contributed by atoms with Gasteiger partial charge in [-0.25, -0.2) is 0 Å². The van der Waals surface area contributed by atoms with Crippen LogP contribution in [0.15, 0.2) is 17.5 Å². The van der Waals surface area contributed by atoms with E-state index in [0.717, 1.165) is 19.4 Å². The number of nitrogens with two attached hydrogens (primary N) is 1. The molecule has 1 aromatic heterocycles. The zero-order chi connectivity index (χ0) is 12.5. The van der Waals surface area contributed by atoms with Crippen molar-refractivity contribution in [3.8, 4) is 0 Å². The number of carbonyl (C=O) groups is 1. The largest absolute Gasteiger partial charge is 0.336 e. The van der Waals surface area contributed by atoms with Crippen molar-refractivity contribution in [3.05, 3.63) is 22.4 Å². The summed E-state index contributed by atoms with van der Waals surface area (Å²) in [6, 6.07) is 4.08. The van der Waals surface area contributed by atoms with Crippen LogP contribution in [0, 0.1) is 5.92 Å². The molecule has 94 valence electrons. The van der Waals surface area contributed by atoms with Crippen molar-refractivity contribution in [1.82, 2.24) is 4.90 Å². The average Bonchev–Trinajstić information content (AvgIpc) is 3.05. The van der Waals surface area contributed by atoms with Gasteiger partial charge in [0.05, 0.1) is 12.1 Å². The van der Waals surface area contributed by atoms with Gasteiger partial charge >= 0.3 is 0 Å². The second-order valence-electron chi connectivity index (χ2n) is 4.96. The molecule has 0 saturated heterocycles. The predicted molar refractivity (Wildman–Crippen MR) is 70.7 cm³/mol. The van der Waals surface area contributed by atoms with E-state index >= 15 is 0 Å². The summed E-state index contributed by atoms with van der Waals surface area (Å²) in [7, 11) is 0. The number of carbonyl (C=O) groups excluding carboxylic acids is 1. The monoisotopic (exact) mass is 252 g/mol. The van der Waals surface area contributed by atoms with Crippen molar-refractivity contribution in [2.45, 2.75) is 38.8 Å². The van der Waals surface area contributed by atoms with Crippen molar-refractivity contribution in [1.29, 1.82) is 0 Å². The second-order valence-corrected chi connectivity index (χ2v) is 5.99. The number of hydrogen-bond donors (Lipinski definition) is 1. The first-order chi connectivity index (χ1) is 8.05. The topological polar surface area (TPSA) is 46.3 Å². The Morgan fingerprint density at radius 3 is 2.82 bits per heavy atom. The van der Waals surface area contributed by atoms with E-state index < -0.39 is 5.54 Å². The quantitative estimate of drug-likeness (QED) is 0.873. The Kier molecular flexibility index (Phi) is 3.54. The molecule has 0 aliphatic heterocycles. The maximum absolute atomic E-state index is 12.4. The zero-order valence-electron chi connectivity index (χ0n) is 10.5. The van der Waals surface area contributed by atoms with E-state index in [1.165, 1.54) is 4.88 Å². The first kappa shape index (κ1) is 12.6. The van der Waals surface area contributed by atoms with E-state index in [2.05, 4.69) is 6.07 Å². The molecule has 1 amide bonds. The lowest BCUT2D eigenvalue weighted by atomic mass is 9.95. The molecule has 17 heavy (non-hydrogen) atoms. The van der Waals surface area contributed by atoms with Crippen LogP contribution >= 0.6 is 11.3 Å². The summed E-state index contributed by atoms with van der Waals surface area (Å²) in [5, 5.41) is 2.04. The Morgan fingerprint density at radius 2 is 2.35 bits per heavy atom. The summed E-state index contributed by atoms with van der Waals surface area (Å²) in [6.45, 7) is 5.29. The highest BCUT2D eigenvalue weighted by Gasteiger charge is 2.45. The van der Waals surface area contributed by atoms with Gasteiger partial charge in [-0.05, 0) is 44.1 Å². The van der Waals surface area contributed by atoms with Gasteiger partial charge in [-0.2, -0.15) is 0 Å². The van der Waals surface area contributed by atoms with Crippen molar-refractivity contribution < 1.29 is 4.79 Å². The minimum Gasteiger partial charge on any atom is -0.336 e. The van der Waals surface area contributed by atoms with Crippen LogP contribution in [0.4, 0.5) is 0 Å². The van der Waals surface area contributed by atoms with Crippen LogP contribution in [-0.2, 0) is 11.3 Å². The van der Waals surface area contributed by atoms with Crippen LogP contribution in [0.1, 0.15) is 31.6 Å². The van der Waals surface area contributed by atoms with Gasteiger partial charge in [0.15, 0.2) is 0 Å². The summed E-state index contributed by atoms with van der Waals surface area (Å²) in [4.78, 5) is 15.5. The molecule has 1 fully saturated rings. The van der Waals surface area contributed by atoms with Crippen LogP contribution < -0.4 is 5.73 Å². The van der Waals surface area contributed by atoms with E-state index in [4.69, 9.17) is 5.73 Å². The van der Waals surface area contributed by atoms with Gasteiger partial charge in [-0.15, -0.1) is 11.3 Å². The minimum atomic E-state index is -0.673. The number of likely N-dealkylation sites (N-methyl/N-ethyl adjacent to an activating group) is 1. The number of thiophene rings is 1. The van der Waals surface area contributed by atoms with Crippen LogP contribution in [0.2, 0.25) is 0 Å². The van der Waals surface area contributed by atoms with Gasteiger partial charge in [0.1, 0.15) is 0 Å². The molecule has 3 nitrogen and oxygen atoms in total. The SMILES string of the molecule is CCN(Cc1cccs1)C(=O)C(C)(N)C1CC1. The minimum absolute atomic E-state index is 0.0934. The lowest BCUT2D eigenvalue weighted by Gasteiger charge is -2.31. The molecule has 1 aliphatic rings. The Hall–Kier alpha value is -0.870. The molecule has 0 bridgehead atoms. The van der Waals surface area contributed by atoms with E-state index in [0.29, 0.717) is 12.5 Å². The second kappa shape index (κ2) is 4.78. The highest BCUT2D eigenvalue weighted by Crippen LogP contribution is 2.39. The third kappa shape index (κ3) is 2.69. The highest BCUT2D eigenvalue weighted by atomic mass is 32.1. The fraction of sp³-hybridized carbons (Fsp3) is 0.615. The summed E-state index contributed by atoms with van der Waals surface area (Å²) in [6.07, 6.45) is 2.19. The first-order valence-electron chi connectivity index (χ1n) is 6.16. The zero-order valence-corrected chi connectivity index (χ0v) is 11.3. The molecule has 1 aliphatic carbocycles. The van der Waals surface area contributed by atoms with Crippen molar-refractivity contribution in [2.75, 3.05) is 6.54 Å². The number of nitrogens with zero attached hydrogens (tertiary/aromatic N) is 1. The van der Waals surface area contributed by atoms with E-state index in [1.54, 1.807) is 11.3 Å². The third-order valence-electron chi connectivity index (χ3n) is 3.48. The Balaban J connectivity index is 2.04.